The third-order valence-corrected chi connectivity index (χ3v) is 11.8. The van der Waals surface area contributed by atoms with Crippen LogP contribution >= 0.6 is 0 Å². The van der Waals surface area contributed by atoms with Crippen molar-refractivity contribution in [2.24, 2.45) is 0 Å². The first-order chi connectivity index (χ1) is 33.6. The van der Waals surface area contributed by atoms with Crippen molar-refractivity contribution >= 4 is 11.9 Å². The summed E-state index contributed by atoms with van der Waals surface area (Å²) in [4.78, 5) is 25.5. The summed E-state index contributed by atoms with van der Waals surface area (Å²) in [6.07, 6.45) is 79.7. The van der Waals surface area contributed by atoms with Crippen LogP contribution < -0.4 is 0 Å². The lowest BCUT2D eigenvalue weighted by Crippen LogP contribution is -2.30. The predicted octanol–water partition coefficient (Wildman–Crippen LogP) is 19.6. The Bertz CT molecular complexity index is 1340. The average molecular weight is 944 g/mol. The number of hydrogen-bond donors (Lipinski definition) is 0. The quantitative estimate of drug-likeness (QED) is 0.0345. The fraction of sp³-hybridized carbons (Fsp3) is 0.683. The highest BCUT2D eigenvalue weighted by atomic mass is 16.6. The Labute approximate surface area is 421 Å². The molecule has 388 valence electrons. The summed E-state index contributed by atoms with van der Waals surface area (Å²) in [6.45, 7) is 7.59. The summed E-state index contributed by atoms with van der Waals surface area (Å²) >= 11 is 0. The molecule has 0 amide bonds. The molecule has 5 nitrogen and oxygen atoms in total. The second-order valence-electron chi connectivity index (χ2n) is 18.4. The first kappa shape index (κ1) is 64.6. The van der Waals surface area contributed by atoms with Gasteiger partial charge >= 0.3 is 11.9 Å². The van der Waals surface area contributed by atoms with Crippen LogP contribution in [0.25, 0.3) is 0 Å². The third-order valence-electron chi connectivity index (χ3n) is 11.8. The number of ether oxygens (including phenoxy) is 3. The van der Waals surface area contributed by atoms with Crippen LogP contribution in [0.1, 0.15) is 252 Å². The van der Waals surface area contributed by atoms with Crippen LogP contribution in [0.15, 0.2) is 109 Å². The van der Waals surface area contributed by atoms with E-state index in [4.69, 9.17) is 14.2 Å². The summed E-state index contributed by atoms with van der Waals surface area (Å²) in [6, 6.07) is 0. The van der Waals surface area contributed by atoms with E-state index in [2.05, 4.69) is 124 Å². The highest BCUT2D eigenvalue weighted by Gasteiger charge is 2.17. The first-order valence-corrected chi connectivity index (χ1v) is 28.4. The van der Waals surface area contributed by atoms with Crippen LogP contribution in [0.3, 0.4) is 0 Å². The Morgan fingerprint density at radius 2 is 0.691 bits per heavy atom. The minimum absolute atomic E-state index is 0.0344. The first-order valence-electron chi connectivity index (χ1n) is 28.4. The van der Waals surface area contributed by atoms with Crippen molar-refractivity contribution in [2.75, 3.05) is 19.8 Å². The molecule has 0 saturated heterocycles. The van der Waals surface area contributed by atoms with Crippen LogP contribution in [-0.4, -0.2) is 37.9 Å². The van der Waals surface area contributed by atoms with Crippen molar-refractivity contribution in [1.29, 1.82) is 0 Å². The topological polar surface area (TPSA) is 61.8 Å². The fourth-order valence-corrected chi connectivity index (χ4v) is 7.56. The van der Waals surface area contributed by atoms with E-state index in [-0.39, 0.29) is 25.2 Å². The minimum Gasteiger partial charge on any atom is -0.462 e. The lowest BCUT2D eigenvalue weighted by Gasteiger charge is -2.18. The number of allylic oxidation sites excluding steroid dienone is 18. The van der Waals surface area contributed by atoms with E-state index in [1.807, 2.05) is 6.08 Å². The summed E-state index contributed by atoms with van der Waals surface area (Å²) in [7, 11) is 0. The van der Waals surface area contributed by atoms with Crippen molar-refractivity contribution in [3.63, 3.8) is 0 Å². The Hall–Kier alpha value is -3.44. The van der Waals surface area contributed by atoms with Gasteiger partial charge in [-0.3, -0.25) is 9.59 Å². The molecule has 0 N–H and O–H groups in total. The fourth-order valence-electron chi connectivity index (χ4n) is 7.56. The van der Waals surface area contributed by atoms with E-state index in [1.54, 1.807) is 0 Å². The van der Waals surface area contributed by atoms with Crippen molar-refractivity contribution in [3.05, 3.63) is 109 Å². The molecule has 0 heterocycles. The highest BCUT2D eigenvalue weighted by molar-refractivity contribution is 5.70. The monoisotopic (exact) mass is 943 g/mol. The lowest BCUT2D eigenvalue weighted by molar-refractivity contribution is -0.162. The van der Waals surface area contributed by atoms with Gasteiger partial charge in [0.15, 0.2) is 6.10 Å². The number of unbranched alkanes of at least 4 members (excludes halogenated alkanes) is 22. The molecular formula is C63H106O5. The molecule has 0 aromatic rings. The van der Waals surface area contributed by atoms with E-state index in [9.17, 15) is 9.59 Å². The average Bonchev–Trinajstić information content (AvgIpc) is 3.34. The molecule has 68 heavy (non-hydrogen) atoms. The Kier molecular flexibility index (Phi) is 54.9. The van der Waals surface area contributed by atoms with E-state index >= 15 is 0 Å². The molecule has 0 aromatic carbocycles. The highest BCUT2D eigenvalue weighted by Crippen LogP contribution is 2.13. The number of carbonyl (C=O) groups excluding carboxylic acids is 2. The normalized spacial score (nSPS) is 13.0. The maximum atomic E-state index is 12.9. The van der Waals surface area contributed by atoms with E-state index in [0.717, 1.165) is 83.5 Å². The van der Waals surface area contributed by atoms with Gasteiger partial charge in [-0.15, -0.1) is 0 Å². The largest absolute Gasteiger partial charge is 0.462 e. The molecule has 0 aliphatic rings. The van der Waals surface area contributed by atoms with Gasteiger partial charge in [0.05, 0.1) is 6.61 Å². The van der Waals surface area contributed by atoms with Gasteiger partial charge in [0.1, 0.15) is 6.61 Å². The lowest BCUT2D eigenvalue weighted by atomic mass is 10.1. The van der Waals surface area contributed by atoms with Crippen LogP contribution in [0.5, 0.6) is 0 Å². The molecule has 0 radical (unpaired) electrons. The van der Waals surface area contributed by atoms with Crippen LogP contribution in [-0.2, 0) is 23.8 Å². The van der Waals surface area contributed by atoms with E-state index < -0.39 is 6.10 Å². The molecule has 0 saturated carbocycles. The number of carbonyl (C=O) groups is 2. The van der Waals surface area contributed by atoms with Gasteiger partial charge in [-0.1, -0.05) is 233 Å². The predicted molar refractivity (Wildman–Crippen MR) is 297 cm³/mol. The molecule has 0 fully saturated rings. The molecule has 0 aliphatic carbocycles. The van der Waals surface area contributed by atoms with Gasteiger partial charge in [-0.2, -0.15) is 0 Å². The standard InChI is InChI=1S/C63H106O5/c1-4-7-10-13-16-19-22-25-28-31-32-34-35-38-41-44-47-50-53-56-62(64)67-60-61(59-66-58-55-52-49-46-43-40-37-30-27-24-21-18-15-12-9-6-3)68-63(65)57-54-51-48-45-42-39-36-33-29-26-23-20-17-14-11-8-5-2/h7,10,16-17,19-20,25-30,32,34,38,41,47,50,61H,4-6,8-9,11-15,18,21-24,31,33,35-37,39-40,42-46,48-49,51-60H2,1-3H3/b10-7-,19-16-,20-17-,28-25-,29-26-,30-27-,34-32-,41-38-,50-47-. The van der Waals surface area contributed by atoms with Gasteiger partial charge in [-0.25, -0.2) is 0 Å². The van der Waals surface area contributed by atoms with Gasteiger partial charge in [0.25, 0.3) is 0 Å². The Morgan fingerprint density at radius 3 is 1.16 bits per heavy atom. The molecule has 0 rings (SSSR count). The molecule has 1 atom stereocenters. The zero-order chi connectivity index (χ0) is 49.2. The van der Waals surface area contributed by atoms with Crippen LogP contribution in [0, 0.1) is 0 Å². The molecule has 0 bridgehead atoms. The maximum absolute atomic E-state index is 12.9. The third kappa shape index (κ3) is 55.2. The van der Waals surface area contributed by atoms with E-state index in [0.29, 0.717) is 25.9 Å². The molecule has 1 unspecified atom stereocenters. The summed E-state index contributed by atoms with van der Waals surface area (Å²) < 4.78 is 17.4. The molecular weight excluding hydrogens is 837 g/mol. The number of hydrogen-bond acceptors (Lipinski definition) is 5. The minimum atomic E-state index is -0.581. The van der Waals surface area contributed by atoms with Crippen molar-refractivity contribution < 1.29 is 23.8 Å². The second-order valence-corrected chi connectivity index (χ2v) is 18.4. The smallest absolute Gasteiger partial charge is 0.306 e. The molecule has 0 aliphatic heterocycles. The molecule has 0 aromatic heterocycles. The van der Waals surface area contributed by atoms with Gasteiger partial charge in [0, 0.05) is 19.4 Å². The van der Waals surface area contributed by atoms with Crippen LogP contribution in [0.2, 0.25) is 0 Å². The maximum Gasteiger partial charge on any atom is 0.306 e. The SMILES string of the molecule is CC/C=C\C/C=C\C/C=C\C/C=C\C/C=C\C/C=C\CCC(=O)OCC(COCCCCCCCC/C=C\CCCCCCCC)OC(=O)CCCCCCCCC/C=C\C/C=C\CCCCC. The Balaban J connectivity index is 4.43. The Morgan fingerprint density at radius 1 is 0.338 bits per heavy atom. The summed E-state index contributed by atoms with van der Waals surface area (Å²) in [5.74, 6) is -0.507. The van der Waals surface area contributed by atoms with Gasteiger partial charge in [-0.05, 0) is 116 Å². The molecule has 5 heteroatoms. The van der Waals surface area contributed by atoms with Gasteiger partial charge in [0.2, 0.25) is 0 Å². The van der Waals surface area contributed by atoms with Crippen LogP contribution in [0.4, 0.5) is 0 Å². The zero-order valence-electron chi connectivity index (χ0n) is 44.6. The van der Waals surface area contributed by atoms with Crippen molar-refractivity contribution in [1.82, 2.24) is 0 Å². The summed E-state index contributed by atoms with van der Waals surface area (Å²) in [5, 5.41) is 0. The number of rotatable bonds is 51. The molecule has 0 spiro atoms. The van der Waals surface area contributed by atoms with Crippen molar-refractivity contribution in [3.8, 4) is 0 Å². The summed E-state index contributed by atoms with van der Waals surface area (Å²) in [5.41, 5.74) is 0. The van der Waals surface area contributed by atoms with Gasteiger partial charge < -0.3 is 14.2 Å². The zero-order valence-corrected chi connectivity index (χ0v) is 44.6. The van der Waals surface area contributed by atoms with Crippen molar-refractivity contribution in [2.45, 2.75) is 258 Å². The number of esters is 2. The second kappa shape index (κ2) is 57.9. The van der Waals surface area contributed by atoms with E-state index in [1.165, 1.54) is 128 Å².